The zero-order chi connectivity index (χ0) is 11.6. The molecule has 0 radical (unpaired) electrons. The lowest BCUT2D eigenvalue weighted by Gasteiger charge is -2.20. The van der Waals surface area contributed by atoms with E-state index < -0.39 is 0 Å². The summed E-state index contributed by atoms with van der Waals surface area (Å²) in [4.78, 5) is 13.1. The van der Waals surface area contributed by atoms with Gasteiger partial charge in [0.25, 0.3) is 0 Å². The van der Waals surface area contributed by atoms with Crippen molar-refractivity contribution < 1.29 is 4.79 Å². The van der Waals surface area contributed by atoms with Crippen LogP contribution < -0.4 is 0 Å². The highest BCUT2D eigenvalue weighted by molar-refractivity contribution is 7.80. The Morgan fingerprint density at radius 3 is 1.50 bits per heavy atom. The Morgan fingerprint density at radius 2 is 1.43 bits per heavy atom. The smallest absolute Gasteiger partial charge is 0.129 e. The second-order valence-electron chi connectivity index (χ2n) is 2.98. The fraction of sp³-hybridized carbons (Fsp3) is 0.818. The molecule has 0 saturated carbocycles. The van der Waals surface area contributed by atoms with Gasteiger partial charge in [0, 0.05) is 19.5 Å². The maximum absolute atomic E-state index is 9.81. The van der Waals surface area contributed by atoms with Crippen molar-refractivity contribution in [3.8, 4) is 0 Å². The number of carbonyl (C=O) groups is 1. The molecule has 0 saturated heterocycles. The Bertz CT molecular complexity index is 165. The highest BCUT2D eigenvalue weighted by Crippen LogP contribution is 1.94. The molecule has 0 N–H and O–H groups in total. The molecule has 0 aliphatic carbocycles. The normalized spacial score (nSPS) is 8.64. The topological polar surface area (TPSA) is 20.3 Å². The summed E-state index contributed by atoms with van der Waals surface area (Å²) in [5.41, 5.74) is 0. The molecule has 0 aromatic rings. The minimum absolute atomic E-state index is 0.255. The predicted molar refractivity (Wildman–Crippen MR) is 66.8 cm³/mol. The zero-order valence-corrected chi connectivity index (χ0v) is 10.9. The van der Waals surface area contributed by atoms with Gasteiger partial charge in [0.1, 0.15) is 5.78 Å². The van der Waals surface area contributed by atoms with Crippen LogP contribution in [-0.2, 0) is 4.79 Å². The molecule has 14 heavy (non-hydrogen) atoms. The summed E-state index contributed by atoms with van der Waals surface area (Å²) in [5.74, 6) is 0.255. The molecule has 0 rings (SSSR count). The molecule has 0 fully saturated rings. The quantitative estimate of drug-likeness (QED) is 0.675. The predicted octanol–water partition coefficient (Wildman–Crippen LogP) is 3.05. The SMILES string of the molecule is CCC(=S)N(CC)CC.CCC(C)=O. The van der Waals surface area contributed by atoms with Crippen LogP contribution >= 0.6 is 12.2 Å². The fourth-order valence-corrected chi connectivity index (χ4v) is 1.06. The Kier molecular flexibility index (Phi) is 12.2. The minimum Gasteiger partial charge on any atom is -0.367 e. The van der Waals surface area contributed by atoms with Crippen molar-refractivity contribution in [2.24, 2.45) is 0 Å². The van der Waals surface area contributed by atoms with Crippen molar-refractivity contribution in [1.82, 2.24) is 4.90 Å². The molecular formula is C11H23NOS. The van der Waals surface area contributed by atoms with E-state index in [1.54, 1.807) is 6.92 Å². The van der Waals surface area contributed by atoms with Crippen molar-refractivity contribution in [3.63, 3.8) is 0 Å². The summed E-state index contributed by atoms with van der Waals surface area (Å²) in [6.07, 6.45) is 1.66. The summed E-state index contributed by atoms with van der Waals surface area (Å²) in [5, 5.41) is 0. The third-order valence-electron chi connectivity index (χ3n) is 1.92. The van der Waals surface area contributed by atoms with Crippen LogP contribution in [0.25, 0.3) is 0 Å². The summed E-state index contributed by atoms with van der Waals surface area (Å²) in [6.45, 7) is 11.9. The van der Waals surface area contributed by atoms with Gasteiger partial charge in [0.2, 0.25) is 0 Å². The van der Waals surface area contributed by atoms with E-state index in [1.165, 1.54) is 0 Å². The van der Waals surface area contributed by atoms with Gasteiger partial charge in [-0.15, -0.1) is 0 Å². The molecule has 0 atom stereocenters. The highest BCUT2D eigenvalue weighted by Gasteiger charge is 1.99. The molecular weight excluding hydrogens is 194 g/mol. The maximum Gasteiger partial charge on any atom is 0.129 e. The molecule has 0 amide bonds. The lowest BCUT2D eigenvalue weighted by molar-refractivity contribution is -0.116. The lowest BCUT2D eigenvalue weighted by atomic mass is 10.4. The van der Waals surface area contributed by atoms with Gasteiger partial charge >= 0.3 is 0 Å². The van der Waals surface area contributed by atoms with E-state index in [1.807, 2.05) is 6.92 Å². The Morgan fingerprint density at radius 1 is 1.07 bits per heavy atom. The molecule has 84 valence electrons. The van der Waals surface area contributed by atoms with E-state index in [0.717, 1.165) is 24.5 Å². The molecule has 0 aliphatic heterocycles. The van der Waals surface area contributed by atoms with Crippen molar-refractivity contribution in [2.75, 3.05) is 13.1 Å². The fourth-order valence-electron chi connectivity index (χ4n) is 0.800. The van der Waals surface area contributed by atoms with Gasteiger partial charge in [-0.05, 0) is 27.2 Å². The number of hydrogen-bond acceptors (Lipinski definition) is 2. The second kappa shape index (κ2) is 10.6. The number of Topliss-reactive ketones (excluding diaryl/α,β-unsaturated/α-hetero) is 1. The average Bonchev–Trinajstić information content (AvgIpc) is 2.20. The first-order valence-corrected chi connectivity index (χ1v) is 5.71. The Balaban J connectivity index is 0. The largest absolute Gasteiger partial charge is 0.367 e. The van der Waals surface area contributed by atoms with Crippen LogP contribution in [0.1, 0.15) is 47.5 Å². The molecule has 0 aliphatic rings. The number of thiocarbonyl (C=S) groups is 1. The Labute approximate surface area is 93.7 Å². The Hall–Kier alpha value is -0.440. The van der Waals surface area contributed by atoms with Crippen LogP contribution in [0.15, 0.2) is 0 Å². The number of hydrogen-bond donors (Lipinski definition) is 0. The summed E-state index contributed by atoms with van der Waals surface area (Å²) in [6, 6.07) is 0. The summed E-state index contributed by atoms with van der Waals surface area (Å²) >= 11 is 5.10. The first-order chi connectivity index (χ1) is 6.53. The molecule has 0 heterocycles. The van der Waals surface area contributed by atoms with Gasteiger partial charge in [0.15, 0.2) is 0 Å². The van der Waals surface area contributed by atoms with Crippen molar-refractivity contribution in [1.29, 1.82) is 0 Å². The number of nitrogens with zero attached hydrogens (tertiary/aromatic N) is 1. The van der Waals surface area contributed by atoms with E-state index in [9.17, 15) is 4.79 Å². The molecule has 0 unspecified atom stereocenters. The van der Waals surface area contributed by atoms with Crippen LogP contribution in [0.5, 0.6) is 0 Å². The third-order valence-corrected chi connectivity index (χ3v) is 2.46. The summed E-state index contributed by atoms with van der Waals surface area (Å²) < 4.78 is 0. The van der Waals surface area contributed by atoms with Crippen LogP contribution in [0, 0.1) is 0 Å². The molecule has 0 spiro atoms. The van der Waals surface area contributed by atoms with Gasteiger partial charge in [-0.25, -0.2) is 0 Å². The standard InChI is InChI=1S/C7H15NS.C4H8O/c1-4-7(9)8(5-2)6-3;1-3-4(2)5/h4-6H2,1-3H3;3H2,1-2H3. The van der Waals surface area contributed by atoms with Crippen LogP contribution in [0.3, 0.4) is 0 Å². The average molecular weight is 217 g/mol. The maximum atomic E-state index is 9.81. The van der Waals surface area contributed by atoms with Crippen LogP contribution in [0.4, 0.5) is 0 Å². The number of rotatable bonds is 4. The molecule has 0 bridgehead atoms. The monoisotopic (exact) mass is 217 g/mol. The molecule has 2 nitrogen and oxygen atoms in total. The minimum atomic E-state index is 0.255. The van der Waals surface area contributed by atoms with Crippen LogP contribution in [0.2, 0.25) is 0 Å². The molecule has 0 aromatic carbocycles. The first kappa shape index (κ1) is 16.0. The summed E-state index contributed by atoms with van der Waals surface area (Å²) in [7, 11) is 0. The van der Waals surface area contributed by atoms with Crippen molar-refractivity contribution in [2.45, 2.75) is 47.5 Å². The van der Waals surface area contributed by atoms with E-state index in [4.69, 9.17) is 12.2 Å². The van der Waals surface area contributed by atoms with Crippen molar-refractivity contribution >= 4 is 23.0 Å². The van der Waals surface area contributed by atoms with Crippen LogP contribution in [-0.4, -0.2) is 28.8 Å². The van der Waals surface area contributed by atoms with Gasteiger partial charge in [0.05, 0.1) is 4.99 Å². The molecule has 0 aromatic heterocycles. The van der Waals surface area contributed by atoms with E-state index >= 15 is 0 Å². The number of carbonyl (C=O) groups excluding carboxylic acids is 1. The van der Waals surface area contributed by atoms with E-state index in [-0.39, 0.29) is 5.78 Å². The second-order valence-corrected chi connectivity index (χ2v) is 3.45. The van der Waals surface area contributed by atoms with Gasteiger partial charge in [-0.2, -0.15) is 0 Å². The van der Waals surface area contributed by atoms with E-state index in [0.29, 0.717) is 6.42 Å². The highest BCUT2D eigenvalue weighted by atomic mass is 32.1. The van der Waals surface area contributed by atoms with Gasteiger partial charge in [-0.1, -0.05) is 26.1 Å². The van der Waals surface area contributed by atoms with E-state index in [2.05, 4.69) is 25.7 Å². The molecule has 3 heteroatoms. The van der Waals surface area contributed by atoms with Gasteiger partial charge in [-0.3, -0.25) is 0 Å². The number of ketones is 1. The third kappa shape index (κ3) is 9.65. The lowest BCUT2D eigenvalue weighted by Crippen LogP contribution is -2.28. The van der Waals surface area contributed by atoms with Crippen molar-refractivity contribution in [3.05, 3.63) is 0 Å². The zero-order valence-electron chi connectivity index (χ0n) is 10.1. The first-order valence-electron chi connectivity index (χ1n) is 5.30. The van der Waals surface area contributed by atoms with Gasteiger partial charge < -0.3 is 9.69 Å².